The maximum Gasteiger partial charge on any atom is 0.407 e. The molecule has 1 aliphatic rings. The van der Waals surface area contributed by atoms with Crippen LogP contribution in [-0.4, -0.2) is 17.7 Å². The molecule has 0 unspecified atom stereocenters. The van der Waals surface area contributed by atoms with E-state index in [-0.39, 0.29) is 12.1 Å². The molecule has 3 heteroatoms. The van der Waals surface area contributed by atoms with Crippen molar-refractivity contribution in [2.75, 3.05) is 0 Å². The molecule has 0 heterocycles. The quantitative estimate of drug-likeness (QED) is 0.656. The number of ether oxygens (including phenoxy) is 1. The number of rotatable bonds is 1. The molecular weight excluding hydrogens is 178 g/mol. The molecule has 1 rings (SSSR count). The first-order chi connectivity index (χ1) is 6.37. The lowest BCUT2D eigenvalue weighted by molar-refractivity contribution is 0.0507. The van der Waals surface area contributed by atoms with E-state index in [9.17, 15) is 4.79 Å². The van der Waals surface area contributed by atoms with Crippen molar-refractivity contribution in [3.8, 4) is 0 Å². The van der Waals surface area contributed by atoms with Crippen LogP contribution in [0, 0.1) is 0 Å². The highest BCUT2D eigenvalue weighted by Gasteiger charge is 2.21. The van der Waals surface area contributed by atoms with Crippen LogP contribution in [0.5, 0.6) is 0 Å². The van der Waals surface area contributed by atoms with Crippen LogP contribution in [0.25, 0.3) is 0 Å². The van der Waals surface area contributed by atoms with Gasteiger partial charge in [-0.3, -0.25) is 0 Å². The minimum absolute atomic E-state index is 0.227. The fourth-order valence-electron chi connectivity index (χ4n) is 1.48. The molecule has 1 N–H and O–H groups in total. The summed E-state index contributed by atoms with van der Waals surface area (Å²) in [4.78, 5) is 11.4. The molecule has 80 valence electrons. The topological polar surface area (TPSA) is 38.3 Å². The van der Waals surface area contributed by atoms with Gasteiger partial charge in [0.15, 0.2) is 0 Å². The molecule has 0 fully saturated rings. The molecule has 0 aromatic heterocycles. The Labute approximate surface area is 85.5 Å². The van der Waals surface area contributed by atoms with Crippen LogP contribution in [0.2, 0.25) is 0 Å². The molecule has 0 saturated carbocycles. The van der Waals surface area contributed by atoms with E-state index in [2.05, 4.69) is 18.3 Å². The Balaban J connectivity index is 2.29. The van der Waals surface area contributed by atoms with E-state index < -0.39 is 5.60 Å². The van der Waals surface area contributed by atoms with E-state index in [0.717, 1.165) is 12.8 Å². The molecule has 14 heavy (non-hydrogen) atoms. The Morgan fingerprint density at radius 2 is 2.21 bits per heavy atom. The Kier molecular flexibility index (Phi) is 3.19. The second-order valence-corrected chi connectivity index (χ2v) is 4.83. The van der Waals surface area contributed by atoms with Crippen molar-refractivity contribution < 1.29 is 9.53 Å². The van der Waals surface area contributed by atoms with Crippen molar-refractivity contribution in [2.24, 2.45) is 0 Å². The smallest absolute Gasteiger partial charge is 0.407 e. The fourth-order valence-corrected chi connectivity index (χ4v) is 1.48. The number of carbonyl (C=O) groups excluding carboxylic acids is 1. The minimum Gasteiger partial charge on any atom is -0.444 e. The van der Waals surface area contributed by atoms with Crippen LogP contribution >= 0.6 is 0 Å². The van der Waals surface area contributed by atoms with Gasteiger partial charge >= 0.3 is 6.09 Å². The van der Waals surface area contributed by atoms with Gasteiger partial charge in [0.2, 0.25) is 0 Å². The first-order valence-electron chi connectivity index (χ1n) is 5.02. The zero-order chi connectivity index (χ0) is 10.8. The highest BCUT2D eigenvalue weighted by Crippen LogP contribution is 2.18. The second-order valence-electron chi connectivity index (χ2n) is 4.83. The van der Waals surface area contributed by atoms with E-state index in [4.69, 9.17) is 4.74 Å². The molecule has 1 aliphatic carbocycles. The minimum atomic E-state index is -0.412. The summed E-state index contributed by atoms with van der Waals surface area (Å²) in [6.45, 7) is 7.68. The summed E-state index contributed by atoms with van der Waals surface area (Å²) in [7, 11) is 0. The largest absolute Gasteiger partial charge is 0.444 e. The number of amides is 1. The summed E-state index contributed by atoms with van der Waals surface area (Å²) in [6.07, 6.45) is 3.71. The van der Waals surface area contributed by atoms with E-state index in [1.807, 2.05) is 20.8 Å². The van der Waals surface area contributed by atoms with E-state index >= 15 is 0 Å². The Bertz CT molecular complexity index is 251. The number of alkyl carbamates (subject to hydrolysis) is 1. The third-order valence-corrected chi connectivity index (χ3v) is 2.04. The lowest BCUT2D eigenvalue weighted by atomic mass is 10.2. The third kappa shape index (κ3) is 3.81. The van der Waals surface area contributed by atoms with E-state index in [1.165, 1.54) is 5.57 Å². The van der Waals surface area contributed by atoms with Crippen molar-refractivity contribution in [3.63, 3.8) is 0 Å². The number of hydrogen-bond donors (Lipinski definition) is 1. The molecule has 0 aromatic carbocycles. The van der Waals surface area contributed by atoms with E-state index in [0.29, 0.717) is 0 Å². The molecule has 3 nitrogen and oxygen atoms in total. The molecule has 0 saturated heterocycles. The van der Waals surface area contributed by atoms with Gasteiger partial charge in [-0.2, -0.15) is 0 Å². The Morgan fingerprint density at radius 3 is 2.64 bits per heavy atom. The van der Waals surface area contributed by atoms with Crippen LogP contribution in [0.4, 0.5) is 4.79 Å². The average molecular weight is 197 g/mol. The van der Waals surface area contributed by atoms with Gasteiger partial charge in [-0.25, -0.2) is 4.79 Å². The van der Waals surface area contributed by atoms with Crippen molar-refractivity contribution in [1.29, 1.82) is 0 Å². The van der Waals surface area contributed by atoms with Gasteiger partial charge in [-0.15, -0.1) is 0 Å². The lowest BCUT2D eigenvalue weighted by Crippen LogP contribution is -2.38. The number of hydrogen-bond acceptors (Lipinski definition) is 2. The van der Waals surface area contributed by atoms with Crippen LogP contribution in [0.1, 0.15) is 40.5 Å². The number of nitrogens with one attached hydrogen (secondary N) is 1. The van der Waals surface area contributed by atoms with Crippen molar-refractivity contribution in [1.82, 2.24) is 5.32 Å². The maximum atomic E-state index is 11.4. The standard InChI is InChI=1S/C11H19NO2/c1-8-5-6-9(7-8)12-10(13)14-11(2,3)4/h5,9H,6-7H2,1-4H3,(H,12,13)/t9-/m1/s1. The second kappa shape index (κ2) is 4.03. The predicted molar refractivity (Wildman–Crippen MR) is 56.1 cm³/mol. The zero-order valence-corrected chi connectivity index (χ0v) is 9.39. The van der Waals surface area contributed by atoms with E-state index in [1.54, 1.807) is 0 Å². The molecule has 0 aromatic rings. The normalized spacial score (nSPS) is 21.7. The van der Waals surface area contributed by atoms with Gasteiger partial charge in [0.05, 0.1) is 0 Å². The van der Waals surface area contributed by atoms with Crippen molar-refractivity contribution in [3.05, 3.63) is 11.6 Å². The van der Waals surface area contributed by atoms with Gasteiger partial charge in [-0.1, -0.05) is 11.6 Å². The fraction of sp³-hybridized carbons (Fsp3) is 0.727. The zero-order valence-electron chi connectivity index (χ0n) is 9.39. The summed E-state index contributed by atoms with van der Waals surface area (Å²) in [5.74, 6) is 0. The average Bonchev–Trinajstić information content (AvgIpc) is 2.30. The van der Waals surface area contributed by atoms with Gasteiger partial charge in [0.25, 0.3) is 0 Å². The predicted octanol–water partition coefficient (Wildman–Crippen LogP) is 2.62. The van der Waals surface area contributed by atoms with Crippen LogP contribution < -0.4 is 5.32 Å². The molecule has 1 atom stereocenters. The Hall–Kier alpha value is -0.990. The van der Waals surface area contributed by atoms with Crippen molar-refractivity contribution >= 4 is 6.09 Å². The van der Waals surface area contributed by atoms with Crippen LogP contribution in [0.15, 0.2) is 11.6 Å². The highest BCUT2D eigenvalue weighted by atomic mass is 16.6. The summed E-state index contributed by atoms with van der Waals surface area (Å²) in [6, 6.07) is 0.227. The highest BCUT2D eigenvalue weighted by molar-refractivity contribution is 5.68. The molecule has 1 amide bonds. The van der Waals surface area contributed by atoms with Crippen LogP contribution in [-0.2, 0) is 4.74 Å². The molecule has 0 aliphatic heterocycles. The summed E-state index contributed by atoms with van der Waals surface area (Å²) in [5.41, 5.74) is 0.927. The SMILES string of the molecule is CC1=CC[C@@H](NC(=O)OC(C)(C)C)C1. The first kappa shape index (κ1) is 11.1. The molecule has 0 radical (unpaired) electrons. The van der Waals surface area contributed by atoms with Gasteiger partial charge in [0.1, 0.15) is 5.60 Å². The number of carbonyl (C=O) groups is 1. The summed E-state index contributed by atoms with van der Waals surface area (Å²) < 4.78 is 5.16. The van der Waals surface area contributed by atoms with Gasteiger partial charge in [0, 0.05) is 6.04 Å². The van der Waals surface area contributed by atoms with Crippen molar-refractivity contribution in [2.45, 2.75) is 52.2 Å². The summed E-state index contributed by atoms with van der Waals surface area (Å²) >= 11 is 0. The third-order valence-electron chi connectivity index (χ3n) is 2.04. The molecular formula is C11H19NO2. The first-order valence-corrected chi connectivity index (χ1v) is 5.02. The molecule has 0 bridgehead atoms. The van der Waals surface area contributed by atoms with Gasteiger partial charge < -0.3 is 10.1 Å². The molecule has 0 spiro atoms. The Morgan fingerprint density at radius 1 is 1.57 bits per heavy atom. The van der Waals surface area contributed by atoms with Gasteiger partial charge in [-0.05, 0) is 40.5 Å². The monoisotopic (exact) mass is 197 g/mol. The lowest BCUT2D eigenvalue weighted by Gasteiger charge is -2.21. The maximum absolute atomic E-state index is 11.4. The summed E-state index contributed by atoms with van der Waals surface area (Å²) in [5, 5.41) is 2.85. The van der Waals surface area contributed by atoms with Crippen LogP contribution in [0.3, 0.4) is 0 Å².